The van der Waals surface area contributed by atoms with Gasteiger partial charge in [-0.3, -0.25) is 0 Å². The lowest BCUT2D eigenvalue weighted by Gasteiger charge is -2.35. The van der Waals surface area contributed by atoms with E-state index in [0.717, 1.165) is 36.9 Å². The normalized spacial score (nSPS) is 18.0. The standard InChI is InChI=1S/C18H29ClN2/c1-3-6-14-9-11-21(12-10-14)18-8-5-7-17(19)16(18)13-15(20)4-2/h5,7-8,14-15H,3-4,6,9-13,20H2,1-2H3. The molecule has 2 nitrogen and oxygen atoms in total. The largest absolute Gasteiger partial charge is 0.371 e. The van der Waals surface area contributed by atoms with Crippen LogP contribution in [0, 0.1) is 5.92 Å². The van der Waals surface area contributed by atoms with Gasteiger partial charge >= 0.3 is 0 Å². The lowest BCUT2D eigenvalue weighted by atomic mass is 9.91. The Morgan fingerprint density at radius 1 is 1.29 bits per heavy atom. The van der Waals surface area contributed by atoms with Gasteiger partial charge in [-0.2, -0.15) is 0 Å². The van der Waals surface area contributed by atoms with Crippen molar-refractivity contribution in [2.75, 3.05) is 18.0 Å². The van der Waals surface area contributed by atoms with E-state index in [1.807, 2.05) is 6.07 Å². The lowest BCUT2D eigenvalue weighted by Crippen LogP contribution is -2.35. The smallest absolute Gasteiger partial charge is 0.0459 e. The third-order valence-electron chi connectivity index (χ3n) is 4.74. The molecule has 1 fully saturated rings. The number of halogens is 1. The number of piperidine rings is 1. The van der Waals surface area contributed by atoms with E-state index < -0.39 is 0 Å². The molecule has 0 aliphatic carbocycles. The number of benzene rings is 1. The first-order valence-corrected chi connectivity index (χ1v) is 8.81. The number of hydrogen-bond donors (Lipinski definition) is 1. The SMILES string of the molecule is CCCC1CCN(c2cccc(Cl)c2CC(N)CC)CC1. The predicted molar refractivity (Wildman–Crippen MR) is 93.3 cm³/mol. The molecule has 0 saturated carbocycles. The Balaban J connectivity index is 2.11. The molecule has 2 N–H and O–H groups in total. The third-order valence-corrected chi connectivity index (χ3v) is 5.09. The first kappa shape index (κ1) is 16.6. The Hall–Kier alpha value is -0.730. The third kappa shape index (κ3) is 4.37. The van der Waals surface area contributed by atoms with E-state index in [1.54, 1.807) is 0 Å². The molecular weight excluding hydrogens is 280 g/mol. The molecule has 1 aromatic rings. The number of hydrogen-bond acceptors (Lipinski definition) is 2. The lowest BCUT2D eigenvalue weighted by molar-refractivity contribution is 0.378. The molecule has 0 radical (unpaired) electrons. The van der Waals surface area contributed by atoms with Crippen LogP contribution in [0.5, 0.6) is 0 Å². The minimum Gasteiger partial charge on any atom is -0.371 e. The zero-order chi connectivity index (χ0) is 15.2. The summed E-state index contributed by atoms with van der Waals surface area (Å²) in [6.07, 6.45) is 7.15. The summed E-state index contributed by atoms with van der Waals surface area (Å²) in [6, 6.07) is 6.47. The van der Waals surface area contributed by atoms with Crippen LogP contribution in [0.1, 0.15) is 51.5 Å². The van der Waals surface area contributed by atoms with E-state index in [9.17, 15) is 0 Å². The Morgan fingerprint density at radius 2 is 2.00 bits per heavy atom. The van der Waals surface area contributed by atoms with Crippen molar-refractivity contribution in [3.63, 3.8) is 0 Å². The average molecular weight is 309 g/mol. The van der Waals surface area contributed by atoms with Gasteiger partial charge in [-0.05, 0) is 49.3 Å². The van der Waals surface area contributed by atoms with Gasteiger partial charge in [-0.25, -0.2) is 0 Å². The quantitative estimate of drug-likeness (QED) is 0.829. The summed E-state index contributed by atoms with van der Waals surface area (Å²) in [4.78, 5) is 2.51. The Kier molecular flexibility index (Phi) is 6.38. The van der Waals surface area contributed by atoms with E-state index in [0.29, 0.717) is 0 Å². The molecule has 0 bridgehead atoms. The van der Waals surface area contributed by atoms with Crippen LogP contribution in [0.15, 0.2) is 18.2 Å². The molecule has 21 heavy (non-hydrogen) atoms. The highest BCUT2D eigenvalue weighted by Crippen LogP contribution is 2.32. The van der Waals surface area contributed by atoms with Gasteiger partial charge in [0.1, 0.15) is 0 Å². The maximum absolute atomic E-state index is 6.45. The Bertz CT molecular complexity index is 439. The maximum atomic E-state index is 6.45. The molecule has 0 aromatic heterocycles. The fourth-order valence-corrected chi connectivity index (χ4v) is 3.57. The van der Waals surface area contributed by atoms with Crippen LogP contribution in [0.4, 0.5) is 5.69 Å². The second kappa shape index (κ2) is 8.05. The second-order valence-electron chi connectivity index (χ2n) is 6.33. The summed E-state index contributed by atoms with van der Waals surface area (Å²) < 4.78 is 0. The molecule has 1 atom stereocenters. The van der Waals surface area contributed by atoms with Crippen molar-refractivity contribution in [1.82, 2.24) is 0 Å². The Morgan fingerprint density at radius 3 is 2.62 bits per heavy atom. The molecule has 1 heterocycles. The van der Waals surface area contributed by atoms with Gasteiger partial charge in [0, 0.05) is 29.8 Å². The zero-order valence-corrected chi connectivity index (χ0v) is 14.2. The first-order chi connectivity index (χ1) is 10.2. The van der Waals surface area contributed by atoms with E-state index in [4.69, 9.17) is 17.3 Å². The topological polar surface area (TPSA) is 29.3 Å². The van der Waals surface area contributed by atoms with Crippen LogP contribution in [-0.2, 0) is 6.42 Å². The summed E-state index contributed by atoms with van der Waals surface area (Å²) in [5, 5.41) is 0.868. The average Bonchev–Trinajstić information content (AvgIpc) is 2.50. The monoisotopic (exact) mass is 308 g/mol. The number of nitrogens with zero attached hydrogens (tertiary/aromatic N) is 1. The van der Waals surface area contributed by atoms with Crippen molar-refractivity contribution < 1.29 is 0 Å². The predicted octanol–water partition coefficient (Wildman–Crippen LogP) is 4.64. The molecule has 1 saturated heterocycles. The van der Waals surface area contributed by atoms with Gasteiger partial charge in [-0.15, -0.1) is 0 Å². The van der Waals surface area contributed by atoms with Gasteiger partial charge in [-0.1, -0.05) is 44.4 Å². The fraction of sp³-hybridized carbons (Fsp3) is 0.667. The molecule has 1 aliphatic heterocycles. The van der Waals surface area contributed by atoms with E-state index in [1.165, 1.54) is 36.9 Å². The van der Waals surface area contributed by atoms with Crippen molar-refractivity contribution in [2.45, 2.75) is 58.4 Å². The van der Waals surface area contributed by atoms with Crippen LogP contribution < -0.4 is 10.6 Å². The van der Waals surface area contributed by atoms with Crippen LogP contribution >= 0.6 is 11.6 Å². The van der Waals surface area contributed by atoms with E-state index in [-0.39, 0.29) is 6.04 Å². The second-order valence-corrected chi connectivity index (χ2v) is 6.74. The maximum Gasteiger partial charge on any atom is 0.0459 e. The van der Waals surface area contributed by atoms with Crippen molar-refractivity contribution in [3.05, 3.63) is 28.8 Å². The fourth-order valence-electron chi connectivity index (χ4n) is 3.32. The van der Waals surface area contributed by atoms with E-state index in [2.05, 4.69) is 30.9 Å². The van der Waals surface area contributed by atoms with Crippen LogP contribution in [0.2, 0.25) is 5.02 Å². The van der Waals surface area contributed by atoms with Gasteiger partial charge in [0.25, 0.3) is 0 Å². The van der Waals surface area contributed by atoms with Gasteiger partial charge < -0.3 is 10.6 Å². The van der Waals surface area contributed by atoms with Gasteiger partial charge in [0.2, 0.25) is 0 Å². The minimum absolute atomic E-state index is 0.196. The van der Waals surface area contributed by atoms with Crippen LogP contribution in [0.3, 0.4) is 0 Å². The summed E-state index contributed by atoms with van der Waals surface area (Å²) in [7, 11) is 0. The highest BCUT2D eigenvalue weighted by Gasteiger charge is 2.21. The van der Waals surface area contributed by atoms with Gasteiger partial charge in [0.15, 0.2) is 0 Å². The summed E-state index contributed by atoms with van der Waals surface area (Å²) in [6.45, 7) is 6.73. The number of nitrogens with two attached hydrogens (primary N) is 1. The first-order valence-electron chi connectivity index (χ1n) is 8.43. The summed E-state index contributed by atoms with van der Waals surface area (Å²) in [5.74, 6) is 0.909. The molecule has 1 aromatic carbocycles. The van der Waals surface area contributed by atoms with Crippen molar-refractivity contribution >= 4 is 17.3 Å². The van der Waals surface area contributed by atoms with Crippen LogP contribution in [0.25, 0.3) is 0 Å². The highest BCUT2D eigenvalue weighted by molar-refractivity contribution is 6.31. The van der Waals surface area contributed by atoms with Gasteiger partial charge in [0.05, 0.1) is 0 Å². The number of rotatable bonds is 6. The van der Waals surface area contributed by atoms with Crippen molar-refractivity contribution in [2.24, 2.45) is 11.7 Å². The molecule has 2 rings (SSSR count). The minimum atomic E-state index is 0.196. The molecule has 1 aliphatic rings. The molecule has 3 heteroatoms. The number of anilines is 1. The summed E-state index contributed by atoms with van der Waals surface area (Å²) >= 11 is 6.45. The van der Waals surface area contributed by atoms with Crippen molar-refractivity contribution in [3.8, 4) is 0 Å². The Labute approximate surface area is 134 Å². The molecular formula is C18H29ClN2. The molecule has 0 spiro atoms. The highest BCUT2D eigenvalue weighted by atomic mass is 35.5. The van der Waals surface area contributed by atoms with Crippen molar-refractivity contribution in [1.29, 1.82) is 0 Å². The van der Waals surface area contributed by atoms with Crippen LogP contribution in [-0.4, -0.2) is 19.1 Å². The molecule has 0 amide bonds. The molecule has 118 valence electrons. The zero-order valence-electron chi connectivity index (χ0n) is 13.4. The molecule has 1 unspecified atom stereocenters. The summed E-state index contributed by atoms with van der Waals surface area (Å²) in [5.41, 5.74) is 8.70. The van der Waals surface area contributed by atoms with E-state index >= 15 is 0 Å².